The minimum Gasteiger partial charge on any atom is -0.315 e. The lowest BCUT2D eigenvalue weighted by atomic mass is 10.3. The van der Waals surface area contributed by atoms with Gasteiger partial charge in [0.25, 0.3) is 0 Å². The fourth-order valence-electron chi connectivity index (χ4n) is 2.57. The summed E-state index contributed by atoms with van der Waals surface area (Å²) in [5.74, 6) is 0.807. The van der Waals surface area contributed by atoms with Gasteiger partial charge >= 0.3 is 0 Å². The maximum Gasteiger partial charge on any atom is 0.240 e. The molecule has 4 rings (SSSR count). The van der Waals surface area contributed by atoms with Crippen LogP contribution in [-0.2, 0) is 17.9 Å². The van der Waals surface area contributed by atoms with Crippen molar-refractivity contribution in [1.29, 1.82) is 0 Å². The molecule has 1 aromatic carbocycles. The zero-order valence-corrected chi connectivity index (χ0v) is 13.6. The van der Waals surface area contributed by atoms with Gasteiger partial charge in [-0.1, -0.05) is 22.9 Å². The number of nitrogens with zero attached hydrogens (tertiary/aromatic N) is 5. The number of hydrogen-bond acceptors (Lipinski definition) is 6. The van der Waals surface area contributed by atoms with Crippen molar-refractivity contribution in [3.63, 3.8) is 0 Å². The average Bonchev–Trinajstić information content (AvgIpc) is 3.11. The smallest absolute Gasteiger partial charge is 0.240 e. The minimum atomic E-state index is -0.0804. The highest BCUT2D eigenvalue weighted by molar-refractivity contribution is 7.22. The average molecular weight is 349 g/mol. The van der Waals surface area contributed by atoms with E-state index in [9.17, 15) is 4.79 Å². The molecule has 3 heterocycles. The lowest BCUT2D eigenvalue weighted by Gasteiger charge is -2.25. The number of aromatic nitrogens is 4. The van der Waals surface area contributed by atoms with Gasteiger partial charge in [0, 0.05) is 18.1 Å². The van der Waals surface area contributed by atoms with E-state index in [2.05, 4.69) is 20.5 Å². The number of anilines is 1. The molecule has 23 heavy (non-hydrogen) atoms. The summed E-state index contributed by atoms with van der Waals surface area (Å²) in [6, 6.07) is 5.49. The van der Waals surface area contributed by atoms with E-state index in [0.717, 1.165) is 29.1 Å². The summed E-state index contributed by atoms with van der Waals surface area (Å²) in [6.07, 6.45) is 1.72. The van der Waals surface area contributed by atoms with Gasteiger partial charge in [0.2, 0.25) is 5.91 Å². The number of rotatable bonds is 3. The highest BCUT2D eigenvalue weighted by Crippen LogP contribution is 2.28. The van der Waals surface area contributed by atoms with Gasteiger partial charge in [-0.2, -0.15) is 0 Å². The van der Waals surface area contributed by atoms with Crippen molar-refractivity contribution in [2.75, 3.05) is 18.4 Å². The van der Waals surface area contributed by atoms with Gasteiger partial charge in [0.05, 0.1) is 23.3 Å². The van der Waals surface area contributed by atoms with Crippen LogP contribution in [0, 0.1) is 0 Å². The lowest BCUT2D eigenvalue weighted by molar-refractivity contribution is -0.117. The predicted octanol–water partition coefficient (Wildman–Crippen LogP) is 2.00. The third kappa shape index (κ3) is 3.05. The maximum absolute atomic E-state index is 12.2. The van der Waals surface area contributed by atoms with Crippen LogP contribution in [0.3, 0.4) is 0 Å². The van der Waals surface area contributed by atoms with Gasteiger partial charge in [0.1, 0.15) is 12.2 Å². The summed E-state index contributed by atoms with van der Waals surface area (Å²) in [4.78, 5) is 18.7. The Kier molecular flexibility index (Phi) is 3.72. The van der Waals surface area contributed by atoms with Crippen LogP contribution in [0.5, 0.6) is 0 Å². The maximum atomic E-state index is 12.2. The number of carbonyl (C=O) groups is 1. The van der Waals surface area contributed by atoms with Gasteiger partial charge in [-0.3, -0.25) is 9.69 Å². The number of benzene rings is 1. The SMILES string of the molecule is O=C(CN1CCn2cnnc2C1)Nc1nc2ccc(Cl)cc2s1. The van der Waals surface area contributed by atoms with E-state index in [4.69, 9.17) is 11.6 Å². The Morgan fingerprint density at radius 1 is 1.39 bits per heavy atom. The molecule has 0 fully saturated rings. The van der Waals surface area contributed by atoms with Crippen molar-refractivity contribution in [3.8, 4) is 0 Å². The monoisotopic (exact) mass is 348 g/mol. The third-order valence-corrected chi connectivity index (χ3v) is 4.85. The highest BCUT2D eigenvalue weighted by atomic mass is 35.5. The van der Waals surface area contributed by atoms with E-state index in [-0.39, 0.29) is 5.91 Å². The first kappa shape index (κ1) is 14.6. The van der Waals surface area contributed by atoms with Gasteiger partial charge in [0.15, 0.2) is 5.13 Å². The molecule has 118 valence electrons. The van der Waals surface area contributed by atoms with Crippen LogP contribution < -0.4 is 5.32 Å². The summed E-state index contributed by atoms with van der Waals surface area (Å²) in [6.45, 7) is 2.54. The number of halogens is 1. The molecule has 1 aliphatic heterocycles. The van der Waals surface area contributed by atoms with Crippen LogP contribution in [0.25, 0.3) is 10.2 Å². The molecule has 0 atom stereocenters. The van der Waals surface area contributed by atoms with Crippen molar-refractivity contribution < 1.29 is 4.79 Å². The zero-order chi connectivity index (χ0) is 15.8. The molecule has 7 nitrogen and oxygen atoms in total. The highest BCUT2D eigenvalue weighted by Gasteiger charge is 2.20. The van der Waals surface area contributed by atoms with Crippen molar-refractivity contribution >= 4 is 44.2 Å². The van der Waals surface area contributed by atoms with Gasteiger partial charge < -0.3 is 9.88 Å². The largest absolute Gasteiger partial charge is 0.315 e. The number of amides is 1. The number of nitrogens with one attached hydrogen (secondary N) is 1. The molecule has 0 radical (unpaired) electrons. The van der Waals surface area contributed by atoms with Crippen LogP contribution >= 0.6 is 22.9 Å². The van der Waals surface area contributed by atoms with E-state index < -0.39 is 0 Å². The number of fused-ring (bicyclic) bond motifs is 2. The second-order valence-electron chi connectivity index (χ2n) is 5.33. The van der Waals surface area contributed by atoms with Crippen LogP contribution in [0.1, 0.15) is 5.82 Å². The first-order valence-corrected chi connectivity index (χ1v) is 8.32. The summed E-state index contributed by atoms with van der Waals surface area (Å²) < 4.78 is 2.96. The molecule has 0 saturated carbocycles. The molecular weight excluding hydrogens is 336 g/mol. The first-order valence-electron chi connectivity index (χ1n) is 7.12. The molecule has 1 amide bonds. The normalized spacial score (nSPS) is 14.8. The molecular formula is C14H13ClN6OS. The van der Waals surface area contributed by atoms with Crippen molar-refractivity contribution in [2.45, 2.75) is 13.1 Å². The van der Waals surface area contributed by atoms with Crippen LogP contribution in [0.2, 0.25) is 5.02 Å². The number of hydrogen-bond donors (Lipinski definition) is 1. The van der Waals surface area contributed by atoms with E-state index in [1.807, 2.05) is 21.6 Å². The second kappa shape index (κ2) is 5.88. The van der Waals surface area contributed by atoms with Crippen molar-refractivity contribution in [3.05, 3.63) is 35.4 Å². The summed E-state index contributed by atoms with van der Waals surface area (Å²) in [5.41, 5.74) is 0.834. The molecule has 2 aromatic heterocycles. The number of thiazole rings is 1. The minimum absolute atomic E-state index is 0.0804. The molecule has 3 aromatic rings. The Bertz CT molecular complexity index is 875. The summed E-state index contributed by atoms with van der Waals surface area (Å²) in [5, 5.41) is 12.0. The third-order valence-electron chi connectivity index (χ3n) is 3.68. The fraction of sp³-hybridized carbons (Fsp3) is 0.286. The van der Waals surface area contributed by atoms with Crippen molar-refractivity contribution in [2.24, 2.45) is 0 Å². The molecule has 0 unspecified atom stereocenters. The standard InChI is InChI=1S/C14H13ClN6OS/c15-9-1-2-10-11(5-9)23-14(17-10)18-13(22)7-20-3-4-21-8-16-19-12(21)6-20/h1-2,5,8H,3-4,6-7H2,(H,17,18,22). The Morgan fingerprint density at radius 3 is 3.22 bits per heavy atom. The second-order valence-corrected chi connectivity index (χ2v) is 6.80. The zero-order valence-electron chi connectivity index (χ0n) is 12.1. The molecule has 1 aliphatic rings. The van der Waals surface area contributed by atoms with Crippen LogP contribution in [0.4, 0.5) is 5.13 Å². The van der Waals surface area contributed by atoms with Crippen molar-refractivity contribution in [1.82, 2.24) is 24.6 Å². The molecule has 9 heteroatoms. The van der Waals surface area contributed by atoms with Crippen LogP contribution in [0.15, 0.2) is 24.5 Å². The molecule has 1 N–H and O–H groups in total. The molecule has 0 aliphatic carbocycles. The number of carbonyl (C=O) groups excluding carboxylic acids is 1. The summed E-state index contributed by atoms with van der Waals surface area (Å²) in [7, 11) is 0. The Balaban J connectivity index is 1.41. The lowest BCUT2D eigenvalue weighted by Crippen LogP contribution is -2.39. The van der Waals surface area contributed by atoms with E-state index in [1.54, 1.807) is 12.4 Å². The van der Waals surface area contributed by atoms with Gasteiger partial charge in [-0.15, -0.1) is 10.2 Å². The topological polar surface area (TPSA) is 75.9 Å². The van der Waals surface area contributed by atoms with Gasteiger partial charge in [-0.05, 0) is 18.2 Å². The molecule has 0 spiro atoms. The van der Waals surface area contributed by atoms with Gasteiger partial charge in [-0.25, -0.2) is 4.98 Å². The predicted molar refractivity (Wildman–Crippen MR) is 88.6 cm³/mol. The molecule has 0 saturated heterocycles. The first-order chi connectivity index (χ1) is 11.2. The van der Waals surface area contributed by atoms with E-state index in [1.165, 1.54) is 11.3 Å². The van der Waals surface area contributed by atoms with Crippen LogP contribution in [-0.4, -0.2) is 43.6 Å². The summed E-state index contributed by atoms with van der Waals surface area (Å²) >= 11 is 7.39. The Morgan fingerprint density at radius 2 is 2.30 bits per heavy atom. The Labute approximate surface area is 140 Å². The molecule has 0 bridgehead atoms. The van der Waals surface area contributed by atoms with E-state index in [0.29, 0.717) is 23.2 Å². The van der Waals surface area contributed by atoms with E-state index >= 15 is 0 Å². The quantitative estimate of drug-likeness (QED) is 0.783. The Hall–Kier alpha value is -2.03. The fourth-order valence-corrected chi connectivity index (χ4v) is 3.72.